The van der Waals surface area contributed by atoms with Crippen LogP contribution in [0.3, 0.4) is 0 Å². The zero-order valence-corrected chi connectivity index (χ0v) is 21.4. The first-order valence-electron chi connectivity index (χ1n) is 12.1. The van der Waals surface area contributed by atoms with Gasteiger partial charge in [-0.05, 0) is 68.1 Å². The van der Waals surface area contributed by atoms with Crippen LogP contribution in [0.4, 0.5) is 8.78 Å². The van der Waals surface area contributed by atoms with Crippen molar-refractivity contribution in [3.05, 3.63) is 41.0 Å². The lowest BCUT2D eigenvalue weighted by molar-refractivity contribution is -0.201. The van der Waals surface area contributed by atoms with Crippen molar-refractivity contribution in [3.63, 3.8) is 0 Å². The van der Waals surface area contributed by atoms with Crippen molar-refractivity contribution in [3.8, 4) is 0 Å². The molecule has 0 aromatic carbocycles. The van der Waals surface area contributed by atoms with E-state index in [-0.39, 0.29) is 41.1 Å². The Morgan fingerprint density at radius 3 is 2.58 bits per heavy atom. The Bertz CT molecular complexity index is 1230. The Hall–Kier alpha value is -2.33. The molecule has 3 saturated carbocycles. The molecule has 4 aliphatic carbocycles. The number of hydrogen-bond donors (Lipinski definition) is 2. The third-order valence-corrected chi connectivity index (χ3v) is 9.61. The van der Waals surface area contributed by atoms with E-state index in [0.29, 0.717) is 12.1 Å². The Balaban J connectivity index is 1.57. The minimum Gasteiger partial charge on any atom is -0.417 e. The fraction of sp³-hybridized carbons (Fsp3) is 0.615. The summed E-state index contributed by atoms with van der Waals surface area (Å²) in [5.74, 6) is -4.38. The lowest BCUT2D eigenvalue weighted by Gasteiger charge is -2.62. The van der Waals surface area contributed by atoms with Crippen molar-refractivity contribution < 1.29 is 37.5 Å². The summed E-state index contributed by atoms with van der Waals surface area (Å²) < 4.78 is 43.3. The van der Waals surface area contributed by atoms with Crippen LogP contribution in [0.1, 0.15) is 56.3 Å². The monoisotopic (exact) mass is 521 g/mol. The molecule has 4 aliphatic rings. The number of hydrogen-bond acceptors (Lipinski definition) is 7. The molecule has 10 heteroatoms. The number of rotatable bonds is 3. The van der Waals surface area contributed by atoms with Gasteiger partial charge in [0.2, 0.25) is 11.5 Å². The van der Waals surface area contributed by atoms with E-state index >= 15 is 8.78 Å². The molecule has 0 spiro atoms. The van der Waals surface area contributed by atoms with Crippen LogP contribution in [0.5, 0.6) is 0 Å². The van der Waals surface area contributed by atoms with Crippen LogP contribution in [0.25, 0.3) is 0 Å². The topological polar surface area (TPSA) is 107 Å². The van der Waals surface area contributed by atoms with Gasteiger partial charge in [0.05, 0.1) is 17.2 Å². The molecule has 0 aliphatic heterocycles. The molecule has 0 amide bonds. The van der Waals surface area contributed by atoms with E-state index in [9.17, 15) is 19.5 Å². The molecule has 0 radical (unpaired) electrons. The van der Waals surface area contributed by atoms with Gasteiger partial charge in [0.25, 0.3) is 0 Å². The normalized spacial score (nSPS) is 43.6. The molecule has 9 atom stereocenters. The third kappa shape index (κ3) is 3.25. The third-order valence-electron chi connectivity index (χ3n) is 9.34. The Morgan fingerprint density at radius 1 is 1.28 bits per heavy atom. The number of aliphatic hydroxyl groups excluding tert-OH is 1. The van der Waals surface area contributed by atoms with E-state index in [0.717, 1.165) is 12.2 Å². The van der Waals surface area contributed by atoms with Crippen molar-refractivity contribution in [2.75, 3.05) is 0 Å². The average molecular weight is 522 g/mol. The highest BCUT2D eigenvalue weighted by atomic mass is 32.1. The maximum absolute atomic E-state index is 17.4. The smallest absolute Gasteiger partial charge is 0.382 e. The van der Waals surface area contributed by atoms with Gasteiger partial charge >= 0.3 is 5.97 Å². The molecule has 1 aromatic heterocycles. The van der Waals surface area contributed by atoms with Gasteiger partial charge in [0, 0.05) is 17.9 Å². The minimum atomic E-state index is -2.36. The van der Waals surface area contributed by atoms with E-state index in [2.05, 4.69) is 17.8 Å². The van der Waals surface area contributed by atoms with Crippen LogP contribution in [-0.4, -0.2) is 45.1 Å². The van der Waals surface area contributed by atoms with Crippen molar-refractivity contribution >= 4 is 29.5 Å². The first-order valence-corrected chi connectivity index (χ1v) is 12.6. The van der Waals surface area contributed by atoms with Gasteiger partial charge in [-0.15, -0.1) is 12.6 Å². The van der Waals surface area contributed by atoms with Gasteiger partial charge in [-0.3, -0.25) is 9.59 Å². The van der Waals surface area contributed by atoms with Crippen LogP contribution in [-0.2, 0) is 14.3 Å². The van der Waals surface area contributed by atoms with Crippen molar-refractivity contribution in [1.29, 1.82) is 0 Å². The number of ether oxygens (including phenoxy) is 1. The number of aromatic nitrogens is 1. The number of alkyl halides is 2. The number of allylic oxidation sites excluding steroid dienone is 3. The highest BCUT2D eigenvalue weighted by molar-refractivity contribution is 7.96. The SMILES string of the molecule is Cc1cc(C(=O)OC2=C[C@@]3(C)C(=CC2=O)[C@@H](F)C[C@@H]2[C@@H]4C[C@@H](C)[C@@H](C(=O)S)[C@@]4(C)C[C@H](O)[C@@]23F)on1. The quantitative estimate of drug-likeness (QED) is 0.456. The highest BCUT2D eigenvalue weighted by Crippen LogP contribution is 2.70. The Labute approximate surface area is 212 Å². The number of ketones is 1. The molecule has 0 unspecified atom stereocenters. The molecular formula is C26H29F2NO6S. The second kappa shape index (κ2) is 8.08. The van der Waals surface area contributed by atoms with E-state index in [1.807, 2.05) is 13.8 Å². The lowest BCUT2D eigenvalue weighted by Crippen LogP contribution is -2.68. The number of carbonyl (C=O) groups is 3. The number of carbonyl (C=O) groups excluding carboxylic acids is 3. The number of esters is 1. The number of aryl methyl sites for hydroxylation is 1. The minimum absolute atomic E-state index is 0.0138. The van der Waals surface area contributed by atoms with Gasteiger partial charge in [0.1, 0.15) is 6.17 Å². The fourth-order valence-corrected chi connectivity index (χ4v) is 8.40. The Kier molecular flexibility index (Phi) is 5.69. The van der Waals surface area contributed by atoms with Crippen LogP contribution in [0.15, 0.2) is 34.1 Å². The van der Waals surface area contributed by atoms with Gasteiger partial charge in [0.15, 0.2) is 16.5 Å². The maximum atomic E-state index is 17.4. The van der Waals surface area contributed by atoms with Gasteiger partial charge in [-0.2, -0.15) is 0 Å². The summed E-state index contributed by atoms with van der Waals surface area (Å²) in [5.41, 5.74) is -4.53. The molecule has 0 bridgehead atoms. The molecule has 1 aromatic rings. The van der Waals surface area contributed by atoms with Crippen LogP contribution in [0.2, 0.25) is 0 Å². The second-order valence-corrected chi connectivity index (χ2v) is 11.8. The summed E-state index contributed by atoms with van der Waals surface area (Å²) in [4.78, 5) is 37.7. The van der Waals surface area contributed by atoms with Crippen LogP contribution in [0, 0.1) is 41.4 Å². The van der Waals surface area contributed by atoms with Gasteiger partial charge in [-0.25, -0.2) is 13.6 Å². The summed E-state index contributed by atoms with van der Waals surface area (Å²) in [6.07, 6.45) is -0.821. The highest BCUT2D eigenvalue weighted by Gasteiger charge is 2.73. The molecule has 3 fully saturated rings. The summed E-state index contributed by atoms with van der Waals surface area (Å²) in [7, 11) is 0. The van der Waals surface area contributed by atoms with Crippen molar-refractivity contribution in [2.24, 2.45) is 34.5 Å². The number of fused-ring (bicyclic) bond motifs is 5. The molecule has 0 saturated heterocycles. The molecule has 5 rings (SSSR count). The fourth-order valence-electron chi connectivity index (χ4n) is 7.85. The molecule has 7 nitrogen and oxygen atoms in total. The zero-order valence-electron chi connectivity index (χ0n) is 20.5. The van der Waals surface area contributed by atoms with Crippen LogP contribution >= 0.6 is 12.6 Å². The number of nitrogens with zero attached hydrogens (tertiary/aromatic N) is 1. The average Bonchev–Trinajstić information content (AvgIpc) is 3.32. The zero-order chi connectivity index (χ0) is 26.4. The molecule has 36 heavy (non-hydrogen) atoms. The molecule has 1 heterocycles. The van der Waals surface area contributed by atoms with Crippen molar-refractivity contribution in [2.45, 2.75) is 64.9 Å². The second-order valence-electron chi connectivity index (χ2n) is 11.3. The van der Waals surface area contributed by atoms with E-state index < -0.39 is 58.1 Å². The first kappa shape index (κ1) is 25.3. The first-order chi connectivity index (χ1) is 16.7. The molecule has 194 valence electrons. The largest absolute Gasteiger partial charge is 0.417 e. The summed E-state index contributed by atoms with van der Waals surface area (Å²) in [5, 5.41) is 14.7. The summed E-state index contributed by atoms with van der Waals surface area (Å²) >= 11 is 4.08. The van der Waals surface area contributed by atoms with E-state index in [1.165, 1.54) is 13.0 Å². The lowest BCUT2D eigenvalue weighted by atomic mass is 9.45. The van der Waals surface area contributed by atoms with E-state index in [4.69, 9.17) is 9.26 Å². The van der Waals surface area contributed by atoms with Gasteiger partial charge < -0.3 is 14.4 Å². The predicted molar refractivity (Wildman–Crippen MR) is 126 cm³/mol. The Morgan fingerprint density at radius 2 is 1.97 bits per heavy atom. The number of aliphatic hydroxyl groups is 1. The van der Waals surface area contributed by atoms with Crippen LogP contribution < -0.4 is 0 Å². The molecule has 1 N–H and O–H groups in total. The number of thiol groups is 1. The summed E-state index contributed by atoms with van der Waals surface area (Å²) in [6.45, 7) is 6.80. The summed E-state index contributed by atoms with van der Waals surface area (Å²) in [6, 6.07) is 1.33. The molecular weight excluding hydrogens is 492 g/mol. The number of halogens is 2. The van der Waals surface area contributed by atoms with E-state index in [1.54, 1.807) is 6.92 Å². The predicted octanol–water partition coefficient (Wildman–Crippen LogP) is 4.10. The standard InChI is InChI=1S/C26H29F2NO6S/c1-11-5-13-14-7-16(27)15-8-17(30)19(34-22(32)18-6-12(2)29-35-18)9-25(15,4)26(14,28)20(31)10-24(13,3)21(11)23(33)36/h6,8-9,11,13-14,16,20-21,31H,5,7,10H2,1-4H3,(H,33,36)/t11-,13+,14-,16+,20+,21+,24+,25+,26+/m1/s1. The maximum Gasteiger partial charge on any atom is 0.382 e. The van der Waals surface area contributed by atoms with Gasteiger partial charge in [-0.1, -0.05) is 19.0 Å². The van der Waals surface area contributed by atoms with Crippen molar-refractivity contribution in [1.82, 2.24) is 5.16 Å².